The first kappa shape index (κ1) is 24.9. The lowest BCUT2D eigenvalue weighted by Gasteiger charge is -2.51. The van der Waals surface area contributed by atoms with Crippen molar-refractivity contribution in [2.75, 3.05) is 26.4 Å². The molecule has 1 saturated carbocycles. The fourth-order valence-electron chi connectivity index (χ4n) is 7.53. The zero-order valence-corrected chi connectivity index (χ0v) is 21.3. The molecular formula is C29H32F3N2O4-. The number of hydrogen-bond acceptors (Lipinski definition) is 6. The Balaban J connectivity index is 1.43. The number of fused-ring (bicyclic) bond motifs is 4. The van der Waals surface area contributed by atoms with Gasteiger partial charge in [0.25, 0.3) is 0 Å². The van der Waals surface area contributed by atoms with Crippen LogP contribution in [-0.4, -0.2) is 36.4 Å². The fraction of sp³-hybridized carbons (Fsp3) is 0.655. The predicted octanol–water partition coefficient (Wildman–Crippen LogP) is 5.03. The van der Waals surface area contributed by atoms with Gasteiger partial charge < -0.3 is 19.3 Å². The smallest absolute Gasteiger partial charge is 0.417 e. The Bertz CT molecular complexity index is 1220. The van der Waals surface area contributed by atoms with Crippen LogP contribution >= 0.6 is 0 Å². The first-order chi connectivity index (χ1) is 18.3. The van der Waals surface area contributed by atoms with Crippen LogP contribution in [0, 0.1) is 5.41 Å². The number of halogens is 3. The predicted molar refractivity (Wildman–Crippen MR) is 128 cm³/mol. The van der Waals surface area contributed by atoms with Crippen LogP contribution in [0.2, 0.25) is 0 Å². The molecule has 38 heavy (non-hydrogen) atoms. The van der Waals surface area contributed by atoms with Crippen LogP contribution in [0.25, 0.3) is 0 Å². The van der Waals surface area contributed by atoms with Gasteiger partial charge in [0.2, 0.25) is 0 Å². The Morgan fingerprint density at radius 2 is 1.68 bits per heavy atom. The van der Waals surface area contributed by atoms with Gasteiger partial charge in [-0.05, 0) is 60.8 Å². The number of ether oxygens (including phenoxy) is 3. The third kappa shape index (κ3) is 3.92. The minimum atomic E-state index is -4.47. The molecule has 2 aromatic heterocycles. The summed E-state index contributed by atoms with van der Waals surface area (Å²) in [4.78, 5) is 9.53. The number of rotatable bonds is 2. The van der Waals surface area contributed by atoms with E-state index in [1.165, 1.54) is 6.07 Å². The van der Waals surface area contributed by atoms with Gasteiger partial charge >= 0.3 is 6.18 Å². The highest BCUT2D eigenvalue weighted by atomic mass is 19.4. The van der Waals surface area contributed by atoms with Gasteiger partial charge in [0.05, 0.1) is 22.6 Å². The molecule has 2 saturated heterocycles. The number of alkyl halides is 3. The summed E-state index contributed by atoms with van der Waals surface area (Å²) in [5.74, 6) is 0.141. The van der Waals surface area contributed by atoms with Crippen molar-refractivity contribution >= 4 is 0 Å². The Morgan fingerprint density at radius 1 is 0.947 bits per heavy atom. The second-order valence-corrected chi connectivity index (χ2v) is 11.8. The maximum absolute atomic E-state index is 14.0. The van der Waals surface area contributed by atoms with Crippen LogP contribution in [0.5, 0.6) is 0 Å². The van der Waals surface area contributed by atoms with E-state index < -0.39 is 29.5 Å². The lowest BCUT2D eigenvalue weighted by molar-refractivity contribution is -0.436. The molecular weight excluding hydrogens is 497 g/mol. The SMILES string of the molecule is [O-]C1CC2(CCC2)Cc2nc(C3CCOCC3)c3c(c21)C1(CCOCC1)O[C@@H]3c1ccc(C(F)(F)F)cn1. The molecule has 0 radical (unpaired) electrons. The van der Waals surface area contributed by atoms with Gasteiger partial charge in [-0.1, -0.05) is 18.9 Å². The van der Waals surface area contributed by atoms with E-state index >= 15 is 0 Å². The zero-order chi connectivity index (χ0) is 26.1. The third-order valence-corrected chi connectivity index (χ3v) is 9.63. The Morgan fingerprint density at radius 3 is 2.32 bits per heavy atom. The van der Waals surface area contributed by atoms with E-state index in [2.05, 4.69) is 4.98 Å². The molecule has 0 amide bonds. The molecule has 5 heterocycles. The maximum Gasteiger partial charge on any atom is 0.417 e. The van der Waals surface area contributed by atoms with Crippen molar-refractivity contribution in [2.24, 2.45) is 5.41 Å². The van der Waals surface area contributed by atoms with Gasteiger partial charge in [-0.15, -0.1) is 0 Å². The van der Waals surface area contributed by atoms with Crippen LogP contribution in [0.3, 0.4) is 0 Å². The summed E-state index contributed by atoms with van der Waals surface area (Å²) < 4.78 is 58.2. The zero-order valence-electron chi connectivity index (χ0n) is 21.3. The molecule has 1 unspecified atom stereocenters. The molecule has 7 rings (SSSR count). The molecule has 204 valence electrons. The summed E-state index contributed by atoms with van der Waals surface area (Å²) in [6.07, 6.45) is 2.41. The number of hydrogen-bond donors (Lipinski definition) is 0. The second kappa shape index (κ2) is 8.98. The van der Waals surface area contributed by atoms with Gasteiger partial charge in [0, 0.05) is 62.6 Å². The van der Waals surface area contributed by atoms with Gasteiger partial charge in [-0.25, -0.2) is 0 Å². The summed E-state index contributed by atoms with van der Waals surface area (Å²) in [5, 5.41) is 14.0. The van der Waals surface area contributed by atoms with E-state index in [1.54, 1.807) is 0 Å². The summed E-state index contributed by atoms with van der Waals surface area (Å²) in [7, 11) is 0. The average molecular weight is 530 g/mol. The van der Waals surface area contributed by atoms with Gasteiger partial charge in [-0.3, -0.25) is 9.97 Å². The van der Waals surface area contributed by atoms with E-state index in [9.17, 15) is 18.3 Å². The largest absolute Gasteiger partial charge is 0.848 e. The summed E-state index contributed by atoms with van der Waals surface area (Å²) in [6.45, 7) is 2.28. The van der Waals surface area contributed by atoms with Crippen molar-refractivity contribution in [3.8, 4) is 0 Å². The molecule has 3 fully saturated rings. The van der Waals surface area contributed by atoms with E-state index in [4.69, 9.17) is 19.2 Å². The van der Waals surface area contributed by atoms with Crippen molar-refractivity contribution in [2.45, 2.75) is 87.7 Å². The molecule has 0 aromatic carbocycles. The monoisotopic (exact) mass is 529 g/mol. The Hall–Kier alpha value is -2.07. The summed E-state index contributed by atoms with van der Waals surface area (Å²) in [5.41, 5.74) is 3.43. The lowest BCUT2D eigenvalue weighted by Crippen LogP contribution is -2.43. The summed E-state index contributed by atoms with van der Waals surface area (Å²) >= 11 is 0. The number of nitrogens with zero attached hydrogens (tertiary/aromatic N) is 2. The first-order valence-corrected chi connectivity index (χ1v) is 13.9. The molecule has 5 aliphatic rings. The van der Waals surface area contributed by atoms with E-state index in [1.807, 2.05) is 0 Å². The second-order valence-electron chi connectivity index (χ2n) is 11.8. The number of pyridine rings is 2. The Labute approximate surface area is 219 Å². The maximum atomic E-state index is 14.0. The van der Waals surface area contributed by atoms with Crippen molar-refractivity contribution in [1.82, 2.24) is 9.97 Å². The van der Waals surface area contributed by atoms with Gasteiger partial charge in [0.1, 0.15) is 6.10 Å². The minimum Gasteiger partial charge on any atom is -0.848 e. The Kier molecular flexibility index (Phi) is 5.89. The minimum absolute atomic E-state index is 0.0598. The highest BCUT2D eigenvalue weighted by Crippen LogP contribution is 2.60. The molecule has 2 atom stereocenters. The highest BCUT2D eigenvalue weighted by Gasteiger charge is 2.53. The molecule has 0 N–H and O–H groups in total. The topological polar surface area (TPSA) is 76.5 Å². The van der Waals surface area contributed by atoms with Crippen LogP contribution in [-0.2, 0) is 32.4 Å². The van der Waals surface area contributed by atoms with Crippen molar-refractivity contribution in [3.05, 3.63) is 57.7 Å². The van der Waals surface area contributed by atoms with Crippen LogP contribution in [0.1, 0.15) is 109 Å². The average Bonchev–Trinajstić information content (AvgIpc) is 3.21. The first-order valence-electron chi connectivity index (χ1n) is 13.9. The number of aromatic nitrogens is 2. The van der Waals surface area contributed by atoms with E-state index in [0.29, 0.717) is 51.4 Å². The van der Waals surface area contributed by atoms with Crippen LogP contribution < -0.4 is 5.11 Å². The lowest BCUT2D eigenvalue weighted by atomic mass is 9.58. The standard InChI is InChI=1S/C29H32F3N2O4/c30-29(31,32)18-2-3-19(33-16-18)26-23-24(28(38-26)8-12-37-13-9-28)22-20(14-27(6-1-7-27)15-21(22)35)34-25(23)17-4-10-36-11-5-17/h2-3,16-17,21,26H,1,4-15H2/q-1/t21?,26-/m1/s1. The van der Waals surface area contributed by atoms with Gasteiger partial charge in [-0.2, -0.15) is 13.2 Å². The van der Waals surface area contributed by atoms with Crippen molar-refractivity contribution in [1.29, 1.82) is 0 Å². The highest BCUT2D eigenvalue weighted by molar-refractivity contribution is 5.54. The molecule has 2 spiro atoms. The normalized spacial score (nSPS) is 28.2. The fourth-order valence-corrected chi connectivity index (χ4v) is 7.53. The molecule has 3 aliphatic heterocycles. The van der Waals surface area contributed by atoms with E-state index in [0.717, 1.165) is 78.9 Å². The van der Waals surface area contributed by atoms with Crippen molar-refractivity contribution in [3.63, 3.8) is 0 Å². The molecule has 0 bridgehead atoms. The molecule has 2 aromatic rings. The molecule has 2 aliphatic carbocycles. The van der Waals surface area contributed by atoms with Crippen LogP contribution in [0.4, 0.5) is 13.2 Å². The van der Waals surface area contributed by atoms with Crippen LogP contribution in [0.15, 0.2) is 18.3 Å². The van der Waals surface area contributed by atoms with Crippen molar-refractivity contribution < 1.29 is 32.5 Å². The quantitative estimate of drug-likeness (QED) is 0.543. The summed E-state index contributed by atoms with van der Waals surface area (Å²) in [6, 6.07) is 2.48. The molecule has 6 nitrogen and oxygen atoms in total. The van der Waals surface area contributed by atoms with Gasteiger partial charge in [0.15, 0.2) is 0 Å². The third-order valence-electron chi connectivity index (χ3n) is 9.63. The van der Waals surface area contributed by atoms with E-state index in [-0.39, 0.29) is 11.3 Å². The molecule has 9 heteroatoms.